The molecule has 0 unspecified atom stereocenters. The first-order valence-corrected chi connectivity index (χ1v) is 4.55. The van der Waals surface area contributed by atoms with Crippen molar-refractivity contribution in [2.75, 3.05) is 0 Å². The lowest BCUT2D eigenvalue weighted by Crippen LogP contribution is -1.85. The van der Waals surface area contributed by atoms with Gasteiger partial charge in [0.05, 0.1) is 0 Å². The van der Waals surface area contributed by atoms with Gasteiger partial charge in [-0.05, 0) is 0 Å². The molecule has 3 heteroatoms. The van der Waals surface area contributed by atoms with E-state index in [1.165, 1.54) is 57.5 Å². The van der Waals surface area contributed by atoms with Gasteiger partial charge < -0.3 is 0 Å². The highest BCUT2D eigenvalue weighted by Gasteiger charge is 1.95. The van der Waals surface area contributed by atoms with Crippen LogP contribution in [0.25, 0.3) is 0 Å². The number of aromatic nitrogens is 3. The predicted molar refractivity (Wildman–Crippen MR) is 47.5 cm³/mol. The molecule has 0 aliphatic heterocycles. The van der Waals surface area contributed by atoms with Gasteiger partial charge in [0.25, 0.3) is 0 Å². The lowest BCUT2D eigenvalue weighted by atomic mass is 10.0. The number of rotatable bonds is 0. The van der Waals surface area contributed by atoms with Gasteiger partial charge in [-0.2, -0.15) is 0 Å². The molecule has 0 spiro atoms. The van der Waals surface area contributed by atoms with E-state index in [4.69, 9.17) is 0 Å². The van der Waals surface area contributed by atoms with Crippen LogP contribution < -0.4 is 0 Å². The molecule has 66 valence electrons. The first-order chi connectivity index (χ1) is 6.00. The van der Waals surface area contributed by atoms with Crippen molar-refractivity contribution in [3.8, 4) is 0 Å². The zero-order valence-corrected chi connectivity index (χ0v) is 7.32. The molecule has 1 heterocycles. The van der Waals surface area contributed by atoms with Gasteiger partial charge in [-0.1, -0.05) is 38.5 Å². The van der Waals surface area contributed by atoms with Crippen LogP contribution in [0.5, 0.6) is 0 Å². The third-order valence-corrected chi connectivity index (χ3v) is 1.90. The highest BCUT2D eigenvalue weighted by molar-refractivity contribution is 4.51. The zero-order chi connectivity index (χ0) is 8.49. The highest BCUT2D eigenvalue weighted by atomic mass is 14.9. The van der Waals surface area contributed by atoms with Crippen molar-refractivity contribution < 1.29 is 0 Å². The molecule has 12 heavy (non-hydrogen) atoms. The molecule has 0 radical (unpaired) electrons. The van der Waals surface area contributed by atoms with Crippen LogP contribution in [-0.4, -0.2) is 15.0 Å². The van der Waals surface area contributed by atoms with Crippen LogP contribution in [0.3, 0.4) is 0 Å². The van der Waals surface area contributed by atoms with Crippen molar-refractivity contribution in [1.29, 1.82) is 0 Å². The fraction of sp³-hybridized carbons (Fsp3) is 0.667. The normalized spacial score (nSPS) is 16.0. The maximum Gasteiger partial charge on any atom is 0.119 e. The zero-order valence-electron chi connectivity index (χ0n) is 7.32. The summed E-state index contributed by atoms with van der Waals surface area (Å²) in [4.78, 5) is 10.7. The van der Waals surface area contributed by atoms with Crippen molar-refractivity contribution in [2.45, 2.75) is 38.5 Å². The summed E-state index contributed by atoms with van der Waals surface area (Å²) < 4.78 is 0. The molecule has 0 atom stereocenters. The molecule has 1 fully saturated rings. The van der Waals surface area contributed by atoms with E-state index in [0.29, 0.717) is 0 Å². The first-order valence-electron chi connectivity index (χ1n) is 4.55. The highest BCUT2D eigenvalue weighted by Crippen LogP contribution is 2.15. The second-order valence-electron chi connectivity index (χ2n) is 2.91. The minimum Gasteiger partial charge on any atom is -0.225 e. The number of hydrogen-bond donors (Lipinski definition) is 0. The Kier molecular flexibility index (Phi) is 5.08. The van der Waals surface area contributed by atoms with E-state index in [9.17, 15) is 0 Å². The van der Waals surface area contributed by atoms with Gasteiger partial charge in [0.1, 0.15) is 19.0 Å². The second-order valence-corrected chi connectivity index (χ2v) is 2.91. The van der Waals surface area contributed by atoms with Crippen molar-refractivity contribution in [2.24, 2.45) is 0 Å². The standard InChI is InChI=1S/C6H12.C3H3N3/c1-2-4-6-5-3-1;1-4-2-6-3-5-1/h1-6H2;1-3H. The molecule has 1 aromatic heterocycles. The van der Waals surface area contributed by atoms with Crippen LogP contribution >= 0.6 is 0 Å². The Hall–Kier alpha value is -0.990. The summed E-state index contributed by atoms with van der Waals surface area (Å²) in [5, 5.41) is 0. The Morgan fingerprint density at radius 1 is 0.500 bits per heavy atom. The van der Waals surface area contributed by atoms with Crippen LogP contribution in [-0.2, 0) is 0 Å². The third-order valence-electron chi connectivity index (χ3n) is 1.90. The Morgan fingerprint density at radius 3 is 0.917 bits per heavy atom. The van der Waals surface area contributed by atoms with Crippen LogP contribution in [0.15, 0.2) is 19.0 Å². The molecule has 0 aromatic carbocycles. The molecule has 1 aliphatic carbocycles. The maximum absolute atomic E-state index is 3.56. The summed E-state index contributed by atoms with van der Waals surface area (Å²) in [6.45, 7) is 0. The molecule has 2 rings (SSSR count). The molecule has 3 nitrogen and oxygen atoms in total. The largest absolute Gasteiger partial charge is 0.225 e. The average Bonchev–Trinajstić information content (AvgIpc) is 2.24. The Balaban J connectivity index is 0.000000120. The van der Waals surface area contributed by atoms with Crippen LogP contribution in [0.2, 0.25) is 0 Å². The Labute approximate surface area is 73.3 Å². The molecule has 1 saturated carbocycles. The van der Waals surface area contributed by atoms with Gasteiger partial charge in [-0.15, -0.1) is 0 Å². The van der Waals surface area contributed by atoms with Gasteiger partial charge in [-0.25, -0.2) is 15.0 Å². The molecular formula is C9H15N3. The van der Waals surface area contributed by atoms with Gasteiger partial charge in [0.2, 0.25) is 0 Å². The molecule has 0 bridgehead atoms. The van der Waals surface area contributed by atoms with E-state index < -0.39 is 0 Å². The SMILES string of the molecule is C1CCCCC1.c1ncncn1. The van der Waals surface area contributed by atoms with Crippen LogP contribution in [0.1, 0.15) is 38.5 Å². The maximum atomic E-state index is 3.56. The number of hydrogen-bond acceptors (Lipinski definition) is 3. The van der Waals surface area contributed by atoms with Crippen molar-refractivity contribution in [3.63, 3.8) is 0 Å². The van der Waals surface area contributed by atoms with Gasteiger partial charge in [0.15, 0.2) is 0 Å². The Morgan fingerprint density at radius 2 is 0.750 bits per heavy atom. The van der Waals surface area contributed by atoms with E-state index in [0.717, 1.165) is 0 Å². The third kappa shape index (κ3) is 4.77. The van der Waals surface area contributed by atoms with Crippen LogP contribution in [0.4, 0.5) is 0 Å². The molecule has 0 saturated heterocycles. The Bertz CT molecular complexity index is 134. The lowest BCUT2D eigenvalue weighted by Gasteiger charge is -2.05. The van der Waals surface area contributed by atoms with E-state index in [2.05, 4.69) is 15.0 Å². The number of nitrogens with zero attached hydrogens (tertiary/aromatic N) is 3. The fourth-order valence-electron chi connectivity index (χ4n) is 1.27. The summed E-state index contributed by atoms with van der Waals surface area (Å²) in [5.41, 5.74) is 0. The quantitative estimate of drug-likeness (QED) is 0.591. The summed E-state index contributed by atoms with van der Waals surface area (Å²) in [6, 6.07) is 0. The summed E-state index contributed by atoms with van der Waals surface area (Å²) in [5.74, 6) is 0. The summed E-state index contributed by atoms with van der Waals surface area (Å²) in [7, 11) is 0. The van der Waals surface area contributed by atoms with Crippen molar-refractivity contribution in [1.82, 2.24) is 15.0 Å². The van der Waals surface area contributed by atoms with Gasteiger partial charge in [0, 0.05) is 0 Å². The van der Waals surface area contributed by atoms with E-state index in [-0.39, 0.29) is 0 Å². The van der Waals surface area contributed by atoms with E-state index in [1.807, 2.05) is 0 Å². The van der Waals surface area contributed by atoms with Crippen molar-refractivity contribution >= 4 is 0 Å². The smallest absolute Gasteiger partial charge is 0.119 e. The predicted octanol–water partition coefficient (Wildman–Crippen LogP) is 2.21. The topological polar surface area (TPSA) is 38.7 Å². The molecular weight excluding hydrogens is 150 g/mol. The minimum absolute atomic E-state index is 1.44. The molecule has 0 amide bonds. The fourth-order valence-corrected chi connectivity index (χ4v) is 1.27. The van der Waals surface area contributed by atoms with E-state index >= 15 is 0 Å². The summed E-state index contributed by atoms with van der Waals surface area (Å²) in [6.07, 6.45) is 13.3. The average molecular weight is 165 g/mol. The lowest BCUT2D eigenvalue weighted by molar-refractivity contribution is 0.504. The molecule has 1 aromatic rings. The van der Waals surface area contributed by atoms with Gasteiger partial charge in [-0.3, -0.25) is 0 Å². The summed E-state index contributed by atoms with van der Waals surface area (Å²) >= 11 is 0. The first kappa shape index (κ1) is 9.10. The monoisotopic (exact) mass is 165 g/mol. The minimum atomic E-state index is 1.44. The van der Waals surface area contributed by atoms with Gasteiger partial charge >= 0.3 is 0 Å². The second kappa shape index (κ2) is 6.70. The van der Waals surface area contributed by atoms with Crippen LogP contribution in [0, 0.1) is 0 Å². The van der Waals surface area contributed by atoms with Crippen molar-refractivity contribution in [3.05, 3.63) is 19.0 Å². The molecule has 0 N–H and O–H groups in total. The molecule has 1 aliphatic rings. The van der Waals surface area contributed by atoms with E-state index in [1.54, 1.807) is 0 Å².